The molecule has 1 heterocycles. The van der Waals surface area contributed by atoms with Crippen molar-refractivity contribution in [3.8, 4) is 11.6 Å². The summed E-state index contributed by atoms with van der Waals surface area (Å²) in [5, 5.41) is 19.8. The molecule has 3 rings (SSSR count). The number of nitrogens with zero attached hydrogens (tertiary/aromatic N) is 4. The molecule has 0 saturated carbocycles. The van der Waals surface area contributed by atoms with Crippen LogP contribution in [-0.4, -0.2) is 40.2 Å². The number of aryl methyl sites for hydroxylation is 1. The van der Waals surface area contributed by atoms with Crippen molar-refractivity contribution in [3.05, 3.63) is 52.5 Å². The van der Waals surface area contributed by atoms with Crippen molar-refractivity contribution in [2.45, 2.75) is 53.1 Å². The molecule has 0 radical (unpaired) electrons. The summed E-state index contributed by atoms with van der Waals surface area (Å²) >= 11 is 3.50. The average molecular weight is 529 g/mol. The van der Waals surface area contributed by atoms with E-state index in [1.54, 1.807) is 6.07 Å². The molecule has 0 saturated heterocycles. The fourth-order valence-corrected chi connectivity index (χ4v) is 4.11. The van der Waals surface area contributed by atoms with Gasteiger partial charge in [-0.1, -0.05) is 60.8 Å². The Morgan fingerprint density at radius 2 is 1.82 bits per heavy atom. The van der Waals surface area contributed by atoms with Gasteiger partial charge in [-0.3, -0.25) is 14.3 Å². The van der Waals surface area contributed by atoms with Crippen LogP contribution in [0.25, 0.3) is 10.9 Å². The Hall–Kier alpha value is -2.71. The van der Waals surface area contributed by atoms with Crippen LogP contribution in [-0.2, 0) is 11.5 Å². The van der Waals surface area contributed by atoms with E-state index in [2.05, 4.69) is 44.9 Å². The molecule has 8 heteroatoms. The third kappa shape index (κ3) is 6.67. The van der Waals surface area contributed by atoms with Gasteiger partial charge in [-0.15, -0.1) is 10.2 Å². The normalized spacial score (nSPS) is 11.7. The fourth-order valence-electron chi connectivity index (χ4n) is 3.75. The Kier molecular flexibility index (Phi) is 9.65. The first-order chi connectivity index (χ1) is 16.4. The number of hydrogen-bond acceptors (Lipinski definition) is 5. The average Bonchev–Trinajstić information content (AvgIpc) is 3.08. The maximum absolute atomic E-state index is 12.3. The number of azo groups is 1. The lowest BCUT2D eigenvalue weighted by Gasteiger charge is -2.23. The molecule has 1 aromatic heterocycles. The topological polar surface area (TPSA) is 79.4 Å². The highest BCUT2D eigenvalue weighted by Crippen LogP contribution is 2.40. The summed E-state index contributed by atoms with van der Waals surface area (Å²) in [6.07, 6.45) is 4.41. The van der Waals surface area contributed by atoms with Gasteiger partial charge in [0.1, 0.15) is 5.75 Å². The SMILES string of the molecule is CCCCN(CCCC)Cn1c(O)c(N=NC(=O)COc2ccccc2C)c2cc(Br)ccc21. The molecular weight excluding hydrogens is 496 g/mol. The van der Waals surface area contributed by atoms with E-state index in [4.69, 9.17) is 4.74 Å². The van der Waals surface area contributed by atoms with E-state index >= 15 is 0 Å². The third-order valence-electron chi connectivity index (χ3n) is 5.68. The van der Waals surface area contributed by atoms with Gasteiger partial charge in [0.2, 0.25) is 5.88 Å². The molecule has 0 fully saturated rings. The summed E-state index contributed by atoms with van der Waals surface area (Å²) in [6, 6.07) is 13.2. The van der Waals surface area contributed by atoms with Crippen LogP contribution in [0.1, 0.15) is 45.1 Å². The standard InChI is InChI=1S/C26H33BrN4O3/c1-4-6-14-30(15-7-5-2)18-31-22-13-12-20(27)16-21(22)25(26(31)33)29-28-24(32)17-34-23-11-9-8-10-19(23)3/h8-13,16,33H,4-7,14-15,17-18H2,1-3H3. The second-order valence-electron chi connectivity index (χ2n) is 8.38. The maximum Gasteiger partial charge on any atom is 0.302 e. The molecule has 0 aliphatic heterocycles. The van der Waals surface area contributed by atoms with Gasteiger partial charge in [-0.2, -0.15) is 0 Å². The van der Waals surface area contributed by atoms with Crippen LogP contribution >= 0.6 is 15.9 Å². The number of amides is 1. The van der Waals surface area contributed by atoms with Crippen LogP contribution in [0.4, 0.5) is 5.69 Å². The van der Waals surface area contributed by atoms with Gasteiger partial charge >= 0.3 is 5.91 Å². The zero-order chi connectivity index (χ0) is 24.5. The molecule has 34 heavy (non-hydrogen) atoms. The molecule has 0 spiro atoms. The summed E-state index contributed by atoms with van der Waals surface area (Å²) < 4.78 is 8.27. The molecule has 0 aliphatic rings. The largest absolute Gasteiger partial charge is 0.493 e. The number of hydrogen-bond donors (Lipinski definition) is 1. The molecule has 0 aliphatic carbocycles. The van der Waals surface area contributed by atoms with Crippen molar-refractivity contribution in [1.82, 2.24) is 9.47 Å². The predicted molar refractivity (Wildman–Crippen MR) is 139 cm³/mol. The van der Waals surface area contributed by atoms with E-state index in [1.165, 1.54) is 0 Å². The van der Waals surface area contributed by atoms with E-state index in [-0.39, 0.29) is 18.2 Å². The highest BCUT2D eigenvalue weighted by molar-refractivity contribution is 9.10. The monoisotopic (exact) mass is 528 g/mol. The van der Waals surface area contributed by atoms with Crippen LogP contribution in [0.3, 0.4) is 0 Å². The smallest absolute Gasteiger partial charge is 0.302 e. The van der Waals surface area contributed by atoms with Crippen LogP contribution < -0.4 is 4.74 Å². The van der Waals surface area contributed by atoms with E-state index in [0.29, 0.717) is 12.4 Å². The molecule has 0 atom stereocenters. The predicted octanol–water partition coefficient (Wildman–Crippen LogP) is 6.97. The molecule has 0 bridgehead atoms. The van der Waals surface area contributed by atoms with Gasteiger partial charge in [0.05, 0.1) is 12.2 Å². The molecule has 3 aromatic rings. The van der Waals surface area contributed by atoms with Gasteiger partial charge in [0.25, 0.3) is 0 Å². The summed E-state index contributed by atoms with van der Waals surface area (Å²) in [4.78, 5) is 14.7. The van der Waals surface area contributed by atoms with Crippen molar-refractivity contribution >= 4 is 38.4 Å². The fraction of sp³-hybridized carbons (Fsp3) is 0.423. The van der Waals surface area contributed by atoms with Crippen molar-refractivity contribution < 1.29 is 14.6 Å². The van der Waals surface area contributed by atoms with Crippen LogP contribution in [0.2, 0.25) is 0 Å². The minimum atomic E-state index is -0.522. The van der Waals surface area contributed by atoms with Gasteiger partial charge in [-0.25, -0.2) is 0 Å². The highest BCUT2D eigenvalue weighted by Gasteiger charge is 2.19. The highest BCUT2D eigenvalue weighted by atomic mass is 79.9. The number of halogens is 1. The summed E-state index contributed by atoms with van der Waals surface area (Å²) in [5.74, 6) is 0.113. The maximum atomic E-state index is 12.3. The molecule has 1 N–H and O–H groups in total. The molecule has 7 nitrogen and oxygen atoms in total. The van der Waals surface area contributed by atoms with Crippen LogP contribution in [0.5, 0.6) is 11.6 Å². The van der Waals surface area contributed by atoms with Crippen molar-refractivity contribution in [2.24, 2.45) is 10.2 Å². The van der Waals surface area contributed by atoms with E-state index in [9.17, 15) is 9.90 Å². The second kappa shape index (κ2) is 12.7. The summed E-state index contributed by atoms with van der Waals surface area (Å²) in [7, 11) is 0. The van der Waals surface area contributed by atoms with E-state index in [0.717, 1.165) is 59.7 Å². The lowest BCUT2D eigenvalue weighted by Crippen LogP contribution is -2.28. The summed E-state index contributed by atoms with van der Waals surface area (Å²) in [6.45, 7) is 8.50. The number of carbonyl (C=O) groups excluding carboxylic acids is 1. The zero-order valence-corrected chi connectivity index (χ0v) is 21.7. The number of para-hydroxylation sites is 1. The van der Waals surface area contributed by atoms with Crippen LogP contribution in [0, 0.1) is 6.92 Å². The zero-order valence-electron chi connectivity index (χ0n) is 20.1. The Labute approximate surface area is 209 Å². The molecule has 0 unspecified atom stereocenters. The first-order valence-corrected chi connectivity index (χ1v) is 12.6. The number of benzene rings is 2. The quantitative estimate of drug-likeness (QED) is 0.257. The minimum absolute atomic E-state index is 0.00229. The van der Waals surface area contributed by atoms with E-state index in [1.807, 2.05) is 47.9 Å². The number of aromatic hydroxyl groups is 1. The second-order valence-corrected chi connectivity index (χ2v) is 9.29. The Bertz CT molecular complexity index is 1130. The molecule has 182 valence electrons. The van der Waals surface area contributed by atoms with Crippen molar-refractivity contribution in [3.63, 3.8) is 0 Å². The van der Waals surface area contributed by atoms with Gasteiger partial charge in [0.15, 0.2) is 12.3 Å². The molecular formula is C26H33BrN4O3. The number of fused-ring (bicyclic) bond motifs is 1. The number of carbonyl (C=O) groups is 1. The summed E-state index contributed by atoms with van der Waals surface area (Å²) in [5.41, 5.74) is 2.07. The third-order valence-corrected chi connectivity index (χ3v) is 6.17. The van der Waals surface area contributed by atoms with Gasteiger partial charge in [0, 0.05) is 9.86 Å². The molecule has 1 amide bonds. The number of aromatic nitrogens is 1. The van der Waals surface area contributed by atoms with Crippen LogP contribution in [0.15, 0.2) is 57.2 Å². The number of unbranched alkanes of at least 4 members (excludes halogenated alkanes) is 2. The Balaban J connectivity index is 1.84. The van der Waals surface area contributed by atoms with E-state index < -0.39 is 5.91 Å². The first kappa shape index (κ1) is 25.9. The van der Waals surface area contributed by atoms with Crippen molar-refractivity contribution in [1.29, 1.82) is 0 Å². The molecule has 2 aromatic carbocycles. The van der Waals surface area contributed by atoms with Crippen molar-refractivity contribution in [2.75, 3.05) is 19.7 Å². The lowest BCUT2D eigenvalue weighted by atomic mass is 10.2. The Morgan fingerprint density at radius 1 is 1.12 bits per heavy atom. The number of ether oxygens (including phenoxy) is 1. The van der Waals surface area contributed by atoms with Gasteiger partial charge < -0.3 is 9.84 Å². The van der Waals surface area contributed by atoms with Gasteiger partial charge in [-0.05, 0) is 62.7 Å². The lowest BCUT2D eigenvalue weighted by molar-refractivity contribution is -0.120. The first-order valence-electron chi connectivity index (χ1n) is 11.8. The number of rotatable bonds is 12. The minimum Gasteiger partial charge on any atom is -0.493 e. The Morgan fingerprint density at radius 3 is 2.50 bits per heavy atom.